The molecule has 94 valence electrons. The standard InChI is InChI=1S/C13H17N5/c1-3-14-13-16-8-6-12(18-13)17-9-11-10(2)5-4-7-15-11/h4-8H,3,9H2,1-2H3,(H2,14,16,17,18). The highest BCUT2D eigenvalue weighted by molar-refractivity contribution is 5.40. The van der Waals surface area contributed by atoms with Gasteiger partial charge in [0, 0.05) is 18.9 Å². The molecule has 0 atom stereocenters. The maximum absolute atomic E-state index is 4.35. The van der Waals surface area contributed by atoms with Gasteiger partial charge in [0.2, 0.25) is 5.95 Å². The molecular formula is C13H17N5. The first-order chi connectivity index (χ1) is 8.79. The lowest BCUT2D eigenvalue weighted by Crippen LogP contribution is -2.07. The Balaban J connectivity index is 2.02. The summed E-state index contributed by atoms with van der Waals surface area (Å²) >= 11 is 0. The number of pyridine rings is 1. The van der Waals surface area contributed by atoms with Crippen LogP contribution in [0.3, 0.4) is 0 Å². The van der Waals surface area contributed by atoms with Gasteiger partial charge >= 0.3 is 0 Å². The summed E-state index contributed by atoms with van der Waals surface area (Å²) in [7, 11) is 0. The molecule has 0 aromatic carbocycles. The number of hydrogen-bond donors (Lipinski definition) is 2. The van der Waals surface area contributed by atoms with Crippen molar-refractivity contribution < 1.29 is 0 Å². The second-order valence-corrected chi connectivity index (χ2v) is 3.92. The van der Waals surface area contributed by atoms with E-state index in [2.05, 4.69) is 25.6 Å². The molecule has 2 N–H and O–H groups in total. The summed E-state index contributed by atoms with van der Waals surface area (Å²) < 4.78 is 0. The van der Waals surface area contributed by atoms with E-state index >= 15 is 0 Å². The van der Waals surface area contributed by atoms with Crippen molar-refractivity contribution in [3.63, 3.8) is 0 Å². The minimum atomic E-state index is 0.639. The first-order valence-electron chi connectivity index (χ1n) is 6.01. The minimum absolute atomic E-state index is 0.639. The molecule has 0 bridgehead atoms. The molecule has 2 aromatic rings. The third kappa shape index (κ3) is 3.16. The molecule has 0 saturated carbocycles. The summed E-state index contributed by atoms with van der Waals surface area (Å²) in [6, 6.07) is 5.83. The lowest BCUT2D eigenvalue weighted by Gasteiger charge is -2.08. The number of aromatic nitrogens is 3. The number of nitrogens with zero attached hydrogens (tertiary/aromatic N) is 3. The average molecular weight is 243 g/mol. The number of nitrogens with one attached hydrogen (secondary N) is 2. The molecule has 5 heteroatoms. The van der Waals surface area contributed by atoms with E-state index in [9.17, 15) is 0 Å². The van der Waals surface area contributed by atoms with Crippen molar-refractivity contribution in [3.8, 4) is 0 Å². The van der Waals surface area contributed by atoms with Crippen molar-refractivity contribution in [1.29, 1.82) is 0 Å². The molecular weight excluding hydrogens is 226 g/mol. The van der Waals surface area contributed by atoms with Crippen LogP contribution in [-0.2, 0) is 6.54 Å². The zero-order valence-corrected chi connectivity index (χ0v) is 10.6. The normalized spacial score (nSPS) is 10.1. The van der Waals surface area contributed by atoms with Gasteiger partial charge in [0.1, 0.15) is 5.82 Å². The van der Waals surface area contributed by atoms with Crippen LogP contribution in [0.25, 0.3) is 0 Å². The average Bonchev–Trinajstić information content (AvgIpc) is 2.39. The third-order valence-corrected chi connectivity index (χ3v) is 2.55. The van der Waals surface area contributed by atoms with E-state index < -0.39 is 0 Å². The van der Waals surface area contributed by atoms with Crippen molar-refractivity contribution in [1.82, 2.24) is 15.0 Å². The van der Waals surface area contributed by atoms with Gasteiger partial charge in [0.15, 0.2) is 0 Å². The monoisotopic (exact) mass is 243 g/mol. The van der Waals surface area contributed by atoms with Gasteiger partial charge < -0.3 is 10.6 Å². The zero-order valence-electron chi connectivity index (χ0n) is 10.6. The lowest BCUT2D eigenvalue weighted by molar-refractivity contribution is 0.994. The van der Waals surface area contributed by atoms with Crippen molar-refractivity contribution >= 4 is 11.8 Å². The second kappa shape index (κ2) is 5.95. The Morgan fingerprint density at radius 1 is 1.11 bits per heavy atom. The Hall–Kier alpha value is -2.17. The summed E-state index contributed by atoms with van der Waals surface area (Å²) in [5.41, 5.74) is 2.20. The maximum atomic E-state index is 4.35. The minimum Gasteiger partial charge on any atom is -0.364 e. The van der Waals surface area contributed by atoms with E-state index in [0.717, 1.165) is 18.1 Å². The van der Waals surface area contributed by atoms with Gasteiger partial charge in [-0.1, -0.05) is 6.07 Å². The van der Waals surface area contributed by atoms with E-state index in [1.165, 1.54) is 5.56 Å². The molecule has 0 unspecified atom stereocenters. The molecule has 18 heavy (non-hydrogen) atoms. The molecule has 0 aliphatic heterocycles. The van der Waals surface area contributed by atoms with Gasteiger partial charge in [-0.25, -0.2) is 4.98 Å². The Kier molecular flexibility index (Phi) is 4.06. The Morgan fingerprint density at radius 3 is 2.78 bits per heavy atom. The van der Waals surface area contributed by atoms with Crippen LogP contribution < -0.4 is 10.6 Å². The molecule has 0 saturated heterocycles. The molecule has 0 amide bonds. The summed E-state index contributed by atoms with van der Waals surface area (Å²) in [6.45, 7) is 5.53. The van der Waals surface area contributed by atoms with E-state index in [1.807, 2.05) is 32.0 Å². The molecule has 2 rings (SSSR count). The van der Waals surface area contributed by atoms with Gasteiger partial charge in [0.05, 0.1) is 12.2 Å². The summed E-state index contributed by atoms with van der Waals surface area (Å²) in [5.74, 6) is 1.44. The molecule has 0 fully saturated rings. The van der Waals surface area contributed by atoms with Crippen molar-refractivity contribution in [2.75, 3.05) is 17.2 Å². The van der Waals surface area contributed by atoms with Crippen molar-refractivity contribution in [2.24, 2.45) is 0 Å². The quantitative estimate of drug-likeness (QED) is 0.843. The number of hydrogen-bond acceptors (Lipinski definition) is 5. The lowest BCUT2D eigenvalue weighted by atomic mass is 10.2. The van der Waals surface area contributed by atoms with Gasteiger partial charge in [-0.3, -0.25) is 4.98 Å². The topological polar surface area (TPSA) is 62.7 Å². The van der Waals surface area contributed by atoms with Crippen LogP contribution in [0, 0.1) is 6.92 Å². The van der Waals surface area contributed by atoms with Crippen LogP contribution in [0.2, 0.25) is 0 Å². The second-order valence-electron chi connectivity index (χ2n) is 3.92. The fourth-order valence-electron chi connectivity index (χ4n) is 1.58. The Bertz CT molecular complexity index is 512. The highest BCUT2D eigenvalue weighted by Gasteiger charge is 2.01. The third-order valence-electron chi connectivity index (χ3n) is 2.55. The first-order valence-corrected chi connectivity index (χ1v) is 6.01. The molecule has 0 aliphatic carbocycles. The number of anilines is 2. The molecule has 0 radical (unpaired) electrons. The van der Waals surface area contributed by atoms with Crippen LogP contribution >= 0.6 is 0 Å². The van der Waals surface area contributed by atoms with Gasteiger partial charge in [-0.05, 0) is 31.5 Å². The van der Waals surface area contributed by atoms with Crippen LogP contribution in [-0.4, -0.2) is 21.5 Å². The smallest absolute Gasteiger partial charge is 0.224 e. The van der Waals surface area contributed by atoms with Crippen LogP contribution in [0.15, 0.2) is 30.6 Å². The Morgan fingerprint density at radius 2 is 2.00 bits per heavy atom. The molecule has 2 aromatic heterocycles. The molecule has 2 heterocycles. The predicted molar refractivity (Wildman–Crippen MR) is 72.5 cm³/mol. The highest BCUT2D eigenvalue weighted by atomic mass is 15.1. The SMILES string of the molecule is CCNc1nccc(NCc2ncccc2C)n1. The van der Waals surface area contributed by atoms with Gasteiger partial charge in [-0.2, -0.15) is 4.98 Å². The van der Waals surface area contributed by atoms with Crippen LogP contribution in [0.5, 0.6) is 0 Å². The van der Waals surface area contributed by atoms with Crippen LogP contribution in [0.4, 0.5) is 11.8 Å². The number of aryl methyl sites for hydroxylation is 1. The maximum Gasteiger partial charge on any atom is 0.224 e. The largest absolute Gasteiger partial charge is 0.364 e. The summed E-state index contributed by atoms with van der Waals surface area (Å²) in [5, 5.41) is 6.33. The van der Waals surface area contributed by atoms with E-state index in [-0.39, 0.29) is 0 Å². The van der Waals surface area contributed by atoms with E-state index in [4.69, 9.17) is 0 Å². The molecule has 0 spiro atoms. The predicted octanol–water partition coefficient (Wildman–Crippen LogP) is 2.22. The van der Waals surface area contributed by atoms with E-state index in [0.29, 0.717) is 12.5 Å². The first kappa shape index (κ1) is 12.3. The van der Waals surface area contributed by atoms with Gasteiger partial charge in [0.25, 0.3) is 0 Å². The number of rotatable bonds is 5. The highest BCUT2D eigenvalue weighted by Crippen LogP contribution is 2.09. The van der Waals surface area contributed by atoms with Crippen LogP contribution in [0.1, 0.15) is 18.2 Å². The summed E-state index contributed by atoms with van der Waals surface area (Å²) in [4.78, 5) is 12.8. The molecule has 0 aliphatic rings. The van der Waals surface area contributed by atoms with E-state index in [1.54, 1.807) is 12.4 Å². The van der Waals surface area contributed by atoms with Crippen molar-refractivity contribution in [2.45, 2.75) is 20.4 Å². The fraction of sp³-hybridized carbons (Fsp3) is 0.308. The fourth-order valence-corrected chi connectivity index (χ4v) is 1.58. The summed E-state index contributed by atoms with van der Waals surface area (Å²) in [6.07, 6.45) is 3.53. The molecule has 5 nitrogen and oxygen atoms in total. The van der Waals surface area contributed by atoms with Gasteiger partial charge in [-0.15, -0.1) is 0 Å². The zero-order chi connectivity index (χ0) is 12.8. The Labute approximate surface area is 107 Å². The van der Waals surface area contributed by atoms with Crippen molar-refractivity contribution in [3.05, 3.63) is 41.9 Å².